The van der Waals surface area contributed by atoms with Crippen LogP contribution in [0.3, 0.4) is 0 Å². The summed E-state index contributed by atoms with van der Waals surface area (Å²) in [5, 5.41) is 3.39. The van der Waals surface area contributed by atoms with E-state index in [9.17, 15) is 4.79 Å². The van der Waals surface area contributed by atoms with Crippen LogP contribution in [0, 0.1) is 0 Å². The van der Waals surface area contributed by atoms with Crippen molar-refractivity contribution >= 4 is 5.97 Å². The van der Waals surface area contributed by atoms with Gasteiger partial charge in [-0.25, -0.2) is 0 Å². The molecule has 18 heavy (non-hydrogen) atoms. The van der Waals surface area contributed by atoms with Gasteiger partial charge in [0.1, 0.15) is 6.04 Å². The molecule has 5 nitrogen and oxygen atoms in total. The summed E-state index contributed by atoms with van der Waals surface area (Å²) in [5.74, 6) is -0.116. The Balaban J connectivity index is 1.83. The predicted octanol–water partition coefficient (Wildman–Crippen LogP) is 0.392. The molecule has 1 saturated heterocycles. The van der Waals surface area contributed by atoms with Gasteiger partial charge in [0.05, 0.1) is 13.2 Å². The second-order valence-electron chi connectivity index (χ2n) is 5.01. The van der Waals surface area contributed by atoms with Crippen molar-refractivity contribution in [1.29, 1.82) is 0 Å². The maximum Gasteiger partial charge on any atom is 0.324 e. The summed E-state index contributed by atoms with van der Waals surface area (Å²) in [6.07, 6.45) is 3.40. The molecule has 0 radical (unpaired) electrons. The first-order chi connectivity index (χ1) is 8.79. The fourth-order valence-electron chi connectivity index (χ4n) is 2.21. The lowest BCUT2D eigenvalue weighted by molar-refractivity contribution is -0.146. The van der Waals surface area contributed by atoms with Gasteiger partial charge < -0.3 is 14.8 Å². The lowest BCUT2D eigenvalue weighted by Gasteiger charge is -2.25. The van der Waals surface area contributed by atoms with Crippen LogP contribution in [0.5, 0.6) is 0 Å². The number of nitrogens with zero attached hydrogens (tertiary/aromatic N) is 1. The van der Waals surface area contributed by atoms with Crippen molar-refractivity contribution in [2.45, 2.75) is 38.3 Å². The molecule has 1 unspecified atom stereocenters. The summed E-state index contributed by atoms with van der Waals surface area (Å²) in [7, 11) is 0. The van der Waals surface area contributed by atoms with Gasteiger partial charge in [-0.2, -0.15) is 0 Å². The number of ether oxygens (including phenoxy) is 2. The van der Waals surface area contributed by atoms with Crippen LogP contribution in [0.4, 0.5) is 0 Å². The molecule has 5 heteroatoms. The van der Waals surface area contributed by atoms with Gasteiger partial charge in [0, 0.05) is 32.3 Å². The molecular formula is C13H24N2O3. The van der Waals surface area contributed by atoms with Crippen molar-refractivity contribution in [3.63, 3.8) is 0 Å². The van der Waals surface area contributed by atoms with Crippen molar-refractivity contribution < 1.29 is 14.3 Å². The molecule has 1 heterocycles. The van der Waals surface area contributed by atoms with E-state index >= 15 is 0 Å². The highest BCUT2D eigenvalue weighted by atomic mass is 16.5. The molecule has 0 spiro atoms. The van der Waals surface area contributed by atoms with Gasteiger partial charge in [-0.05, 0) is 26.2 Å². The largest absolute Gasteiger partial charge is 0.465 e. The molecule has 0 aromatic rings. The number of hydrogen-bond donors (Lipinski definition) is 1. The smallest absolute Gasteiger partial charge is 0.324 e. The fraction of sp³-hybridized carbons (Fsp3) is 0.923. The molecular weight excluding hydrogens is 232 g/mol. The summed E-state index contributed by atoms with van der Waals surface area (Å²) in [4.78, 5) is 14.2. The highest BCUT2D eigenvalue weighted by molar-refractivity contribution is 5.76. The van der Waals surface area contributed by atoms with Crippen LogP contribution in [0.2, 0.25) is 0 Å². The van der Waals surface area contributed by atoms with Gasteiger partial charge in [0.2, 0.25) is 0 Å². The SMILES string of the molecule is CCOC(=O)C(CN1CCCOCC1)NC1CC1. The molecule has 2 rings (SSSR count). The van der Waals surface area contributed by atoms with Crippen LogP contribution in [-0.4, -0.2) is 62.4 Å². The maximum atomic E-state index is 11.9. The van der Waals surface area contributed by atoms with Crippen molar-refractivity contribution in [2.75, 3.05) is 39.5 Å². The zero-order valence-corrected chi connectivity index (χ0v) is 11.2. The van der Waals surface area contributed by atoms with Gasteiger partial charge in [-0.1, -0.05) is 0 Å². The zero-order chi connectivity index (χ0) is 12.8. The third-order valence-corrected chi connectivity index (χ3v) is 3.34. The average Bonchev–Trinajstić information content (AvgIpc) is 3.16. The van der Waals surface area contributed by atoms with Crippen LogP contribution >= 0.6 is 0 Å². The third-order valence-electron chi connectivity index (χ3n) is 3.34. The van der Waals surface area contributed by atoms with Crippen molar-refractivity contribution in [2.24, 2.45) is 0 Å². The van der Waals surface area contributed by atoms with E-state index < -0.39 is 0 Å². The van der Waals surface area contributed by atoms with Gasteiger partial charge in [0.15, 0.2) is 0 Å². The Morgan fingerprint density at radius 3 is 3.00 bits per heavy atom. The minimum atomic E-state index is -0.185. The Morgan fingerprint density at radius 2 is 2.28 bits per heavy atom. The molecule has 2 fully saturated rings. The van der Waals surface area contributed by atoms with E-state index in [1.165, 1.54) is 12.8 Å². The average molecular weight is 256 g/mol. The number of nitrogens with one attached hydrogen (secondary N) is 1. The Bertz CT molecular complexity index is 261. The minimum Gasteiger partial charge on any atom is -0.465 e. The second-order valence-corrected chi connectivity index (χ2v) is 5.01. The number of esters is 1. The monoisotopic (exact) mass is 256 g/mol. The highest BCUT2D eigenvalue weighted by Gasteiger charge is 2.30. The summed E-state index contributed by atoms with van der Waals surface area (Å²) < 4.78 is 10.6. The number of hydrogen-bond acceptors (Lipinski definition) is 5. The first-order valence-corrected chi connectivity index (χ1v) is 7.02. The van der Waals surface area contributed by atoms with Crippen LogP contribution < -0.4 is 5.32 Å². The molecule has 0 amide bonds. The number of rotatable bonds is 6. The van der Waals surface area contributed by atoms with E-state index in [-0.39, 0.29) is 12.0 Å². The lowest BCUT2D eigenvalue weighted by atomic mass is 10.2. The van der Waals surface area contributed by atoms with E-state index in [1.54, 1.807) is 0 Å². The van der Waals surface area contributed by atoms with Crippen LogP contribution in [0.1, 0.15) is 26.2 Å². The highest BCUT2D eigenvalue weighted by Crippen LogP contribution is 2.20. The fourth-order valence-corrected chi connectivity index (χ4v) is 2.21. The van der Waals surface area contributed by atoms with Crippen molar-refractivity contribution in [3.8, 4) is 0 Å². The van der Waals surface area contributed by atoms with E-state index in [0.29, 0.717) is 12.6 Å². The summed E-state index contributed by atoms with van der Waals surface area (Å²) in [6, 6.07) is 0.332. The van der Waals surface area contributed by atoms with Gasteiger partial charge in [0.25, 0.3) is 0 Å². The first-order valence-electron chi connectivity index (χ1n) is 7.02. The van der Waals surface area contributed by atoms with E-state index in [2.05, 4.69) is 10.2 Å². The maximum absolute atomic E-state index is 11.9. The van der Waals surface area contributed by atoms with Crippen LogP contribution in [-0.2, 0) is 14.3 Å². The number of carbonyl (C=O) groups is 1. The van der Waals surface area contributed by atoms with Crippen molar-refractivity contribution in [3.05, 3.63) is 0 Å². The Kier molecular flexibility index (Phi) is 5.41. The summed E-state index contributed by atoms with van der Waals surface area (Å²) in [5.41, 5.74) is 0. The Morgan fingerprint density at radius 1 is 1.44 bits per heavy atom. The molecule has 104 valence electrons. The summed E-state index contributed by atoms with van der Waals surface area (Å²) >= 11 is 0. The summed E-state index contributed by atoms with van der Waals surface area (Å²) in [6.45, 7) is 6.54. The van der Waals surface area contributed by atoms with Crippen LogP contribution in [0.25, 0.3) is 0 Å². The molecule has 0 aromatic carbocycles. The van der Waals surface area contributed by atoms with Gasteiger partial charge in [-0.3, -0.25) is 9.69 Å². The molecule has 1 saturated carbocycles. The normalized spacial score (nSPS) is 23.4. The second kappa shape index (κ2) is 7.07. The number of carbonyl (C=O) groups excluding carboxylic acids is 1. The van der Waals surface area contributed by atoms with Gasteiger partial charge >= 0.3 is 5.97 Å². The van der Waals surface area contributed by atoms with E-state index in [4.69, 9.17) is 9.47 Å². The third kappa shape index (κ3) is 4.55. The van der Waals surface area contributed by atoms with Crippen molar-refractivity contribution in [1.82, 2.24) is 10.2 Å². The van der Waals surface area contributed by atoms with E-state index in [1.807, 2.05) is 6.92 Å². The lowest BCUT2D eigenvalue weighted by Crippen LogP contribution is -2.48. The predicted molar refractivity (Wildman–Crippen MR) is 68.5 cm³/mol. The standard InChI is InChI=1S/C13H24N2O3/c1-2-18-13(16)12(14-11-4-5-11)10-15-6-3-8-17-9-7-15/h11-12,14H,2-10H2,1H3. The first kappa shape index (κ1) is 13.8. The molecule has 1 aliphatic heterocycles. The Labute approximate surface area is 109 Å². The van der Waals surface area contributed by atoms with Gasteiger partial charge in [-0.15, -0.1) is 0 Å². The van der Waals surface area contributed by atoms with Crippen LogP contribution in [0.15, 0.2) is 0 Å². The minimum absolute atomic E-state index is 0.116. The van der Waals surface area contributed by atoms with E-state index in [0.717, 1.165) is 39.3 Å². The zero-order valence-electron chi connectivity index (χ0n) is 11.2. The quantitative estimate of drug-likeness (QED) is 0.697. The molecule has 0 aromatic heterocycles. The molecule has 1 aliphatic carbocycles. The molecule has 1 N–H and O–H groups in total. The topological polar surface area (TPSA) is 50.8 Å². The molecule has 2 aliphatic rings. The molecule has 0 bridgehead atoms. The Hall–Kier alpha value is -0.650. The molecule has 1 atom stereocenters.